The van der Waals surface area contributed by atoms with E-state index in [-0.39, 0.29) is 11.9 Å². The first-order valence-electron chi connectivity index (χ1n) is 9.69. The molecule has 0 radical (unpaired) electrons. The molecule has 1 fully saturated rings. The SMILES string of the molecule is COc1ccccc1C(=O)N[C@H]1CC[C@@H](Nc2nc(C)cc(N(C)C)n2)CC1. The van der Waals surface area contributed by atoms with Crippen LogP contribution in [0.3, 0.4) is 0 Å². The Labute approximate surface area is 166 Å². The monoisotopic (exact) mass is 383 g/mol. The van der Waals surface area contributed by atoms with Crippen molar-refractivity contribution in [1.29, 1.82) is 0 Å². The Morgan fingerprint density at radius 3 is 2.46 bits per heavy atom. The molecule has 7 heteroatoms. The first-order valence-corrected chi connectivity index (χ1v) is 9.69. The van der Waals surface area contributed by atoms with E-state index >= 15 is 0 Å². The summed E-state index contributed by atoms with van der Waals surface area (Å²) in [5.41, 5.74) is 1.52. The normalized spacial score (nSPS) is 19.0. The molecule has 1 amide bonds. The molecule has 1 aromatic carbocycles. The summed E-state index contributed by atoms with van der Waals surface area (Å²) in [5.74, 6) is 2.09. The van der Waals surface area contributed by atoms with Crippen molar-refractivity contribution in [3.8, 4) is 5.75 Å². The quantitative estimate of drug-likeness (QED) is 0.798. The lowest BCUT2D eigenvalue weighted by atomic mass is 9.91. The van der Waals surface area contributed by atoms with Crippen molar-refractivity contribution in [2.45, 2.75) is 44.7 Å². The highest BCUT2D eigenvalue weighted by Gasteiger charge is 2.24. The third-order valence-corrected chi connectivity index (χ3v) is 5.05. The van der Waals surface area contributed by atoms with E-state index < -0.39 is 0 Å². The first kappa shape index (κ1) is 19.9. The van der Waals surface area contributed by atoms with E-state index in [1.807, 2.05) is 44.1 Å². The molecular formula is C21H29N5O2. The first-order chi connectivity index (χ1) is 13.5. The highest BCUT2D eigenvalue weighted by molar-refractivity contribution is 5.97. The summed E-state index contributed by atoms with van der Waals surface area (Å²) < 4.78 is 5.29. The second-order valence-electron chi connectivity index (χ2n) is 7.45. The fraction of sp³-hybridized carbons (Fsp3) is 0.476. The van der Waals surface area contributed by atoms with Gasteiger partial charge in [0.05, 0.1) is 12.7 Å². The lowest BCUT2D eigenvalue weighted by Gasteiger charge is -2.30. The summed E-state index contributed by atoms with van der Waals surface area (Å²) >= 11 is 0. The highest BCUT2D eigenvalue weighted by Crippen LogP contribution is 2.24. The van der Waals surface area contributed by atoms with E-state index in [9.17, 15) is 4.79 Å². The minimum absolute atomic E-state index is 0.0773. The van der Waals surface area contributed by atoms with E-state index in [0.29, 0.717) is 23.3 Å². The van der Waals surface area contributed by atoms with Gasteiger partial charge in [0.2, 0.25) is 5.95 Å². The molecule has 150 valence electrons. The molecule has 1 heterocycles. The van der Waals surface area contributed by atoms with E-state index in [2.05, 4.69) is 20.6 Å². The fourth-order valence-electron chi connectivity index (χ4n) is 3.51. The summed E-state index contributed by atoms with van der Waals surface area (Å²) in [6, 6.07) is 9.76. The Bertz CT molecular complexity index is 816. The largest absolute Gasteiger partial charge is 0.496 e. The summed E-state index contributed by atoms with van der Waals surface area (Å²) in [4.78, 5) is 23.6. The number of benzene rings is 1. The number of rotatable bonds is 6. The minimum atomic E-state index is -0.0773. The predicted octanol–water partition coefficient (Wildman–Crippen LogP) is 3.01. The Hall–Kier alpha value is -2.83. The number of amides is 1. The van der Waals surface area contributed by atoms with Gasteiger partial charge in [0.25, 0.3) is 5.91 Å². The van der Waals surface area contributed by atoms with Gasteiger partial charge < -0.3 is 20.3 Å². The summed E-state index contributed by atoms with van der Waals surface area (Å²) in [6.07, 6.45) is 3.77. The van der Waals surface area contributed by atoms with Crippen LogP contribution in [0, 0.1) is 6.92 Å². The van der Waals surface area contributed by atoms with Crippen LogP contribution in [0.25, 0.3) is 0 Å². The second kappa shape index (κ2) is 8.91. The molecule has 2 N–H and O–H groups in total. The van der Waals surface area contributed by atoms with Crippen LogP contribution >= 0.6 is 0 Å². The van der Waals surface area contributed by atoms with Crippen LogP contribution < -0.4 is 20.3 Å². The maximum absolute atomic E-state index is 12.6. The number of para-hydroxylation sites is 1. The van der Waals surface area contributed by atoms with Crippen LogP contribution in [0.2, 0.25) is 0 Å². The van der Waals surface area contributed by atoms with Gasteiger partial charge >= 0.3 is 0 Å². The van der Waals surface area contributed by atoms with E-state index in [0.717, 1.165) is 37.2 Å². The smallest absolute Gasteiger partial charge is 0.255 e. The molecule has 0 atom stereocenters. The Kier molecular flexibility index (Phi) is 6.34. The number of nitrogens with zero attached hydrogens (tertiary/aromatic N) is 3. The molecule has 1 saturated carbocycles. The molecular weight excluding hydrogens is 354 g/mol. The zero-order valence-corrected chi connectivity index (χ0v) is 17.0. The molecule has 2 aromatic rings. The maximum Gasteiger partial charge on any atom is 0.255 e. The molecule has 3 rings (SSSR count). The van der Waals surface area contributed by atoms with Crippen LogP contribution in [0.15, 0.2) is 30.3 Å². The third-order valence-electron chi connectivity index (χ3n) is 5.05. The highest BCUT2D eigenvalue weighted by atomic mass is 16.5. The second-order valence-corrected chi connectivity index (χ2v) is 7.45. The Balaban J connectivity index is 1.54. The van der Waals surface area contributed by atoms with Crippen molar-refractivity contribution in [3.05, 3.63) is 41.6 Å². The molecule has 0 bridgehead atoms. The van der Waals surface area contributed by atoms with Crippen molar-refractivity contribution in [2.24, 2.45) is 0 Å². The average Bonchev–Trinajstić information content (AvgIpc) is 2.69. The predicted molar refractivity (Wildman–Crippen MR) is 111 cm³/mol. The number of methoxy groups -OCH3 is 1. The number of carbonyl (C=O) groups excluding carboxylic acids is 1. The average molecular weight is 383 g/mol. The van der Waals surface area contributed by atoms with Gasteiger partial charge in [-0.1, -0.05) is 12.1 Å². The van der Waals surface area contributed by atoms with E-state index in [1.165, 1.54) is 0 Å². The number of anilines is 2. The molecule has 0 spiro atoms. The van der Waals surface area contributed by atoms with Gasteiger partial charge in [0.1, 0.15) is 11.6 Å². The number of hydrogen-bond donors (Lipinski definition) is 2. The number of ether oxygens (including phenoxy) is 1. The molecule has 0 saturated heterocycles. The molecule has 0 unspecified atom stereocenters. The number of carbonyl (C=O) groups is 1. The lowest BCUT2D eigenvalue weighted by molar-refractivity contribution is 0.0923. The van der Waals surface area contributed by atoms with Gasteiger partial charge in [-0.2, -0.15) is 4.98 Å². The van der Waals surface area contributed by atoms with Gasteiger partial charge in [0, 0.05) is 37.9 Å². The summed E-state index contributed by atoms with van der Waals surface area (Å²) in [5, 5.41) is 6.60. The molecule has 0 aliphatic heterocycles. The van der Waals surface area contributed by atoms with Gasteiger partial charge in [-0.15, -0.1) is 0 Å². The zero-order valence-electron chi connectivity index (χ0n) is 17.0. The van der Waals surface area contributed by atoms with Gasteiger partial charge in [0.15, 0.2) is 0 Å². The molecule has 28 heavy (non-hydrogen) atoms. The maximum atomic E-state index is 12.6. The van der Waals surface area contributed by atoms with Crippen molar-refractivity contribution < 1.29 is 9.53 Å². The standard InChI is InChI=1S/C21H29N5O2/c1-14-13-19(26(2)3)25-21(22-14)24-16-11-9-15(10-12-16)23-20(27)17-7-5-6-8-18(17)28-4/h5-8,13,15-16H,9-12H2,1-4H3,(H,23,27)(H,22,24,25)/t15-,16+. The van der Waals surface area contributed by atoms with Crippen LogP contribution in [0.4, 0.5) is 11.8 Å². The summed E-state index contributed by atoms with van der Waals surface area (Å²) in [7, 11) is 5.53. The molecule has 1 aromatic heterocycles. The topological polar surface area (TPSA) is 79.4 Å². The lowest BCUT2D eigenvalue weighted by Crippen LogP contribution is -2.40. The van der Waals surface area contributed by atoms with Crippen molar-refractivity contribution >= 4 is 17.7 Å². The number of hydrogen-bond acceptors (Lipinski definition) is 6. The van der Waals surface area contributed by atoms with Gasteiger partial charge in [-0.3, -0.25) is 4.79 Å². The van der Waals surface area contributed by atoms with Crippen LogP contribution in [0.5, 0.6) is 5.75 Å². The summed E-state index contributed by atoms with van der Waals surface area (Å²) in [6.45, 7) is 1.98. The van der Waals surface area contributed by atoms with Crippen LogP contribution in [0.1, 0.15) is 41.7 Å². The van der Waals surface area contributed by atoms with Gasteiger partial charge in [-0.25, -0.2) is 4.98 Å². The fourth-order valence-corrected chi connectivity index (χ4v) is 3.51. The molecule has 1 aliphatic carbocycles. The van der Waals surface area contributed by atoms with Crippen molar-refractivity contribution in [2.75, 3.05) is 31.4 Å². The van der Waals surface area contributed by atoms with E-state index in [4.69, 9.17) is 4.74 Å². The third kappa shape index (κ3) is 4.91. The van der Waals surface area contributed by atoms with Crippen molar-refractivity contribution in [1.82, 2.24) is 15.3 Å². The number of aryl methyl sites for hydroxylation is 1. The molecule has 1 aliphatic rings. The van der Waals surface area contributed by atoms with Gasteiger partial charge in [-0.05, 0) is 44.7 Å². The zero-order chi connectivity index (χ0) is 20.1. The van der Waals surface area contributed by atoms with Crippen LogP contribution in [-0.4, -0.2) is 49.2 Å². The Morgan fingerprint density at radius 2 is 1.79 bits per heavy atom. The Morgan fingerprint density at radius 1 is 1.11 bits per heavy atom. The van der Waals surface area contributed by atoms with E-state index in [1.54, 1.807) is 19.2 Å². The minimum Gasteiger partial charge on any atom is -0.496 e. The number of aromatic nitrogens is 2. The van der Waals surface area contributed by atoms with Crippen LogP contribution in [-0.2, 0) is 0 Å². The van der Waals surface area contributed by atoms with Crippen molar-refractivity contribution in [3.63, 3.8) is 0 Å². The number of nitrogens with one attached hydrogen (secondary N) is 2. The molecule has 7 nitrogen and oxygen atoms in total.